The Morgan fingerprint density at radius 1 is 1.03 bits per heavy atom. The minimum Gasteiger partial charge on any atom is -0.379 e. The zero-order valence-corrected chi connectivity index (χ0v) is 21.2. The van der Waals surface area contributed by atoms with E-state index in [4.69, 9.17) is 4.74 Å². The summed E-state index contributed by atoms with van der Waals surface area (Å²) in [5.74, 6) is -0.0528. The first-order valence-corrected chi connectivity index (χ1v) is 12.0. The molecule has 1 radical (unpaired) electrons. The predicted molar refractivity (Wildman–Crippen MR) is 114 cm³/mol. The maximum atomic E-state index is 12.5. The molecule has 1 heterocycles. The molecule has 2 amide bonds. The Balaban J connectivity index is 0.00000240. The van der Waals surface area contributed by atoms with Crippen LogP contribution in [-0.4, -0.2) is 109 Å². The molecular weight excluding hydrogens is 417 g/mol. The van der Waals surface area contributed by atoms with E-state index in [2.05, 4.69) is 21.0 Å². The van der Waals surface area contributed by atoms with Crippen LogP contribution >= 0.6 is 0 Å². The summed E-state index contributed by atoms with van der Waals surface area (Å²) in [7, 11) is -3.65. The fourth-order valence-corrected chi connectivity index (χ4v) is 5.55. The zero-order chi connectivity index (χ0) is 19.6. The van der Waals surface area contributed by atoms with Crippen LogP contribution in [0.15, 0.2) is 6.07 Å². The van der Waals surface area contributed by atoms with Crippen molar-refractivity contribution in [3.63, 3.8) is 0 Å². The molecule has 29 heavy (non-hydrogen) atoms. The third-order valence-corrected chi connectivity index (χ3v) is 7.27. The number of nitrogens with zero attached hydrogens (tertiary/aromatic N) is 1. The number of carbonyl (C=O) groups is 1. The molecule has 2 N–H and O–H groups in total. The van der Waals surface area contributed by atoms with Crippen molar-refractivity contribution in [3.05, 3.63) is 28.3 Å². The molecule has 3 aliphatic rings. The van der Waals surface area contributed by atoms with Gasteiger partial charge in [-0.2, -0.15) is 0 Å². The molecule has 9 heteroatoms. The molecule has 1 aromatic carbocycles. The van der Waals surface area contributed by atoms with Crippen molar-refractivity contribution in [2.75, 3.05) is 43.9 Å². The predicted octanol–water partition coefficient (Wildman–Crippen LogP) is 1.46. The number of hydrogen-bond acceptors (Lipinski definition) is 5. The van der Waals surface area contributed by atoms with Crippen molar-refractivity contribution < 1.29 is 17.9 Å². The SMILES string of the molecule is O=C(Nc1c2c(cc3c1CCC3)CCC2)NS(=O)(=O)CCCN1CCOCC1.[K]. The van der Waals surface area contributed by atoms with E-state index in [1.165, 1.54) is 22.3 Å². The summed E-state index contributed by atoms with van der Waals surface area (Å²) in [6.45, 7) is 3.75. The molecule has 2 aliphatic carbocycles. The van der Waals surface area contributed by atoms with Gasteiger partial charge in [0.15, 0.2) is 0 Å². The monoisotopic (exact) mass is 446 g/mol. The first-order valence-electron chi connectivity index (χ1n) is 10.3. The molecule has 155 valence electrons. The quantitative estimate of drug-likeness (QED) is 0.646. The number of sulfonamides is 1. The van der Waals surface area contributed by atoms with Crippen LogP contribution in [-0.2, 0) is 40.4 Å². The molecule has 1 fully saturated rings. The van der Waals surface area contributed by atoms with Crippen LogP contribution in [0.4, 0.5) is 10.5 Å². The topological polar surface area (TPSA) is 87.7 Å². The minimum atomic E-state index is -3.65. The van der Waals surface area contributed by atoms with Gasteiger partial charge in [0.25, 0.3) is 0 Å². The van der Waals surface area contributed by atoms with Crippen molar-refractivity contribution in [1.82, 2.24) is 9.62 Å². The van der Waals surface area contributed by atoms with Gasteiger partial charge in [-0.15, -0.1) is 0 Å². The van der Waals surface area contributed by atoms with Crippen molar-refractivity contribution in [1.29, 1.82) is 0 Å². The van der Waals surface area contributed by atoms with Gasteiger partial charge in [-0.3, -0.25) is 4.90 Å². The van der Waals surface area contributed by atoms with Gasteiger partial charge in [-0.05, 0) is 73.7 Å². The van der Waals surface area contributed by atoms with E-state index in [0.717, 1.165) is 57.3 Å². The van der Waals surface area contributed by atoms with Crippen molar-refractivity contribution in [2.45, 2.75) is 44.9 Å². The molecule has 0 spiro atoms. The Morgan fingerprint density at radius 2 is 1.66 bits per heavy atom. The van der Waals surface area contributed by atoms with Gasteiger partial charge in [0.2, 0.25) is 10.0 Å². The number of morpholine rings is 1. The molecule has 0 atom stereocenters. The van der Waals surface area contributed by atoms with Crippen molar-refractivity contribution in [3.8, 4) is 0 Å². The first-order chi connectivity index (χ1) is 13.5. The first kappa shape index (κ1) is 23.7. The second-order valence-electron chi connectivity index (χ2n) is 7.92. The Kier molecular flexibility index (Phi) is 8.60. The van der Waals surface area contributed by atoms with E-state index in [0.29, 0.717) is 26.2 Å². The second-order valence-corrected chi connectivity index (χ2v) is 9.76. The number of amides is 2. The van der Waals surface area contributed by atoms with Gasteiger partial charge in [-0.25, -0.2) is 17.9 Å². The Hall–Kier alpha value is -0.00364. The molecular formula is C20H29KN3O4S. The number of ether oxygens (including phenoxy) is 1. The van der Waals surface area contributed by atoms with E-state index in [9.17, 15) is 13.2 Å². The third-order valence-electron chi connectivity index (χ3n) is 5.95. The minimum absolute atomic E-state index is 0. The van der Waals surface area contributed by atoms with Gasteiger partial charge in [0, 0.05) is 70.2 Å². The number of anilines is 1. The normalized spacial score (nSPS) is 18.6. The van der Waals surface area contributed by atoms with Crippen LogP contribution in [0.1, 0.15) is 41.5 Å². The van der Waals surface area contributed by atoms with Crippen LogP contribution in [0, 0.1) is 0 Å². The van der Waals surface area contributed by atoms with Gasteiger partial charge in [0.05, 0.1) is 19.0 Å². The van der Waals surface area contributed by atoms with Gasteiger partial charge in [-0.1, -0.05) is 6.07 Å². The van der Waals surface area contributed by atoms with Crippen LogP contribution in [0.5, 0.6) is 0 Å². The van der Waals surface area contributed by atoms with Crippen LogP contribution < -0.4 is 10.0 Å². The second kappa shape index (κ2) is 10.5. The average Bonchev–Trinajstić information content (AvgIpc) is 3.31. The van der Waals surface area contributed by atoms with Crippen LogP contribution in [0.25, 0.3) is 0 Å². The van der Waals surface area contributed by atoms with Gasteiger partial charge < -0.3 is 10.1 Å². The number of aryl methyl sites for hydroxylation is 2. The largest absolute Gasteiger partial charge is 0.379 e. The van der Waals surface area contributed by atoms with E-state index in [1.54, 1.807) is 0 Å². The van der Waals surface area contributed by atoms with E-state index in [1.807, 2.05) is 0 Å². The van der Waals surface area contributed by atoms with E-state index in [-0.39, 0.29) is 57.1 Å². The fourth-order valence-electron chi connectivity index (χ4n) is 4.60. The molecule has 4 rings (SSSR count). The molecule has 1 aromatic rings. The Morgan fingerprint density at radius 3 is 2.28 bits per heavy atom. The summed E-state index contributed by atoms with van der Waals surface area (Å²) < 4.78 is 32.1. The number of hydrogen-bond donors (Lipinski definition) is 2. The summed E-state index contributed by atoms with van der Waals surface area (Å²) >= 11 is 0. The fraction of sp³-hybridized carbons (Fsp3) is 0.650. The summed E-state index contributed by atoms with van der Waals surface area (Å²) in [6, 6.07) is 1.65. The third kappa shape index (κ3) is 6.03. The maximum absolute atomic E-state index is 12.5. The number of carbonyl (C=O) groups excluding carboxylic acids is 1. The van der Waals surface area contributed by atoms with E-state index >= 15 is 0 Å². The van der Waals surface area contributed by atoms with Gasteiger partial charge >= 0.3 is 6.03 Å². The van der Waals surface area contributed by atoms with E-state index < -0.39 is 16.1 Å². The van der Waals surface area contributed by atoms with Crippen molar-refractivity contribution >= 4 is 73.1 Å². The van der Waals surface area contributed by atoms with Gasteiger partial charge in [0.1, 0.15) is 0 Å². The maximum Gasteiger partial charge on any atom is 0.332 e. The van der Waals surface area contributed by atoms with Crippen molar-refractivity contribution in [2.24, 2.45) is 0 Å². The van der Waals surface area contributed by atoms with Crippen LogP contribution in [0.3, 0.4) is 0 Å². The Bertz CT molecular complexity index is 822. The number of urea groups is 1. The standard InChI is InChI=1S/C20H29N3O4S.K/c24-20(22-28(25,26)13-3-8-23-9-11-27-12-10-23)21-19-17-6-1-4-15(17)14-16-5-2-7-18(16)19;/h14H,1-13H2,(H2,21,22,24);. The summed E-state index contributed by atoms with van der Waals surface area (Å²) in [4.78, 5) is 14.7. The summed E-state index contributed by atoms with van der Waals surface area (Å²) in [5, 5.41) is 2.88. The average molecular weight is 447 g/mol. The number of benzene rings is 1. The zero-order valence-electron chi connectivity index (χ0n) is 17.3. The molecule has 7 nitrogen and oxygen atoms in total. The Labute approximate surface area is 215 Å². The number of rotatable bonds is 6. The summed E-state index contributed by atoms with van der Waals surface area (Å²) in [6.07, 6.45) is 6.66. The summed E-state index contributed by atoms with van der Waals surface area (Å²) in [5.41, 5.74) is 5.87. The number of fused-ring (bicyclic) bond motifs is 2. The number of nitrogens with one attached hydrogen (secondary N) is 2. The van der Waals surface area contributed by atoms with Crippen LogP contribution in [0.2, 0.25) is 0 Å². The molecule has 0 saturated carbocycles. The smallest absolute Gasteiger partial charge is 0.332 e. The molecule has 0 unspecified atom stereocenters. The molecule has 0 bridgehead atoms. The molecule has 0 aromatic heterocycles. The molecule has 1 saturated heterocycles. The molecule has 1 aliphatic heterocycles.